The summed E-state index contributed by atoms with van der Waals surface area (Å²) in [6.07, 6.45) is 16.2. The van der Waals surface area contributed by atoms with Crippen LogP contribution in [0.5, 0.6) is 5.75 Å². The van der Waals surface area contributed by atoms with Crippen LogP contribution in [0.4, 0.5) is 0 Å². The summed E-state index contributed by atoms with van der Waals surface area (Å²) in [5.74, 6) is -0.878. The fourth-order valence-electron chi connectivity index (χ4n) is 3.06. The summed E-state index contributed by atoms with van der Waals surface area (Å²) in [5.41, 5.74) is 2.08. The van der Waals surface area contributed by atoms with E-state index in [-0.39, 0.29) is 38.0 Å². The number of ether oxygens (including phenoxy) is 2. The number of nitrogens with zero attached hydrogens (tertiary/aromatic N) is 1. The highest BCUT2D eigenvalue weighted by Crippen LogP contribution is 2.12. The van der Waals surface area contributed by atoms with Gasteiger partial charge in [-0.25, -0.2) is 0 Å². The van der Waals surface area contributed by atoms with Crippen molar-refractivity contribution >= 4 is 23.8 Å². The predicted octanol–water partition coefficient (Wildman–Crippen LogP) is 5.67. The molecule has 5 N–H and O–H groups in total. The fourth-order valence-corrected chi connectivity index (χ4v) is 3.06. The lowest BCUT2D eigenvalue weighted by Gasteiger charge is -2.13. The number of carbonyl (C=O) groups is 4. The van der Waals surface area contributed by atoms with E-state index in [0.29, 0.717) is 18.1 Å². The third kappa shape index (κ3) is 37.5. The molecule has 0 aliphatic heterocycles. The highest BCUT2D eigenvalue weighted by Gasteiger charge is 2.06. The number of benzene rings is 1. The summed E-state index contributed by atoms with van der Waals surface area (Å²) in [5, 5.41) is 24.6. The van der Waals surface area contributed by atoms with Gasteiger partial charge in [-0.15, -0.1) is 0 Å². The number of amides is 2. The second-order valence-corrected chi connectivity index (χ2v) is 10.1. The van der Waals surface area contributed by atoms with Crippen LogP contribution in [0.25, 0.3) is 0 Å². The van der Waals surface area contributed by atoms with Crippen LogP contribution in [0, 0.1) is 0 Å². The van der Waals surface area contributed by atoms with Crippen molar-refractivity contribution in [1.82, 2.24) is 20.9 Å². The average molecular weight is 689 g/mol. The summed E-state index contributed by atoms with van der Waals surface area (Å²) in [7, 11) is 6.00. The lowest BCUT2D eigenvalue weighted by atomic mass is 10.2. The van der Waals surface area contributed by atoms with Crippen molar-refractivity contribution < 1.29 is 38.9 Å². The lowest BCUT2D eigenvalue weighted by Crippen LogP contribution is -2.29. The Labute approximate surface area is 293 Å². The minimum atomic E-state index is -0.947. The minimum absolute atomic E-state index is 0.0812. The zero-order valence-electron chi connectivity index (χ0n) is 30.9. The number of allylic oxidation sites excluding steroid dienone is 8. The summed E-state index contributed by atoms with van der Waals surface area (Å²) in [6, 6.07) is 9.28. The first-order valence-corrected chi connectivity index (χ1v) is 16.4. The monoisotopic (exact) mass is 688 g/mol. The first-order chi connectivity index (χ1) is 23.3. The van der Waals surface area contributed by atoms with Crippen LogP contribution in [0.1, 0.15) is 67.2 Å². The maximum atomic E-state index is 11.7. The van der Waals surface area contributed by atoms with Gasteiger partial charge >= 0.3 is 5.97 Å². The minimum Gasteiger partial charge on any atom is -0.484 e. The molecule has 12 nitrogen and oxygen atoms in total. The van der Waals surface area contributed by atoms with Gasteiger partial charge in [0.05, 0.1) is 6.42 Å². The fraction of sp³-hybridized carbons (Fsp3) is 0.459. The Bertz CT molecular complexity index is 1180. The molecule has 0 bridgehead atoms. The van der Waals surface area contributed by atoms with E-state index in [1.54, 1.807) is 0 Å². The van der Waals surface area contributed by atoms with E-state index < -0.39 is 11.9 Å². The molecule has 1 aromatic rings. The third-order valence-corrected chi connectivity index (χ3v) is 4.94. The van der Waals surface area contributed by atoms with Crippen LogP contribution in [-0.4, -0.2) is 86.3 Å². The molecule has 0 aromatic heterocycles. The second kappa shape index (κ2) is 34.5. The Balaban J connectivity index is -0.000000757. The van der Waals surface area contributed by atoms with Crippen LogP contribution in [-0.2, 0) is 23.9 Å². The number of carbonyl (C=O) groups excluding carboxylic acids is 2. The second-order valence-electron chi connectivity index (χ2n) is 10.1. The molecule has 0 saturated carbocycles. The Morgan fingerprint density at radius 3 is 2.02 bits per heavy atom. The molecule has 1 aliphatic carbocycles. The number of rotatable bonds is 15. The van der Waals surface area contributed by atoms with E-state index >= 15 is 0 Å². The normalized spacial score (nSPS) is 11.5. The van der Waals surface area contributed by atoms with Crippen LogP contribution in [0.3, 0.4) is 0 Å². The Hall–Kier alpha value is -4.84. The van der Waals surface area contributed by atoms with Gasteiger partial charge in [-0.1, -0.05) is 70.2 Å². The SMILES string of the molecule is CC.CC(=O)O.CC/C=C(\C=C(/CC)NC1=CC=CC=CC1)OCC(=O)NCCC(=O)O.CCNC(=O)COc1ccccc1.CN(C)C. The van der Waals surface area contributed by atoms with Crippen LogP contribution < -0.4 is 20.7 Å². The molecule has 0 unspecified atom stereocenters. The van der Waals surface area contributed by atoms with Gasteiger partial charge in [0.1, 0.15) is 11.5 Å². The predicted molar refractivity (Wildman–Crippen MR) is 197 cm³/mol. The summed E-state index contributed by atoms with van der Waals surface area (Å²) in [6.45, 7) is 11.7. The molecule has 0 fully saturated rings. The first kappa shape index (κ1) is 48.6. The van der Waals surface area contributed by atoms with Gasteiger partial charge in [0.15, 0.2) is 13.2 Å². The molecule has 0 heterocycles. The number of para-hydroxylation sites is 1. The summed E-state index contributed by atoms with van der Waals surface area (Å²) >= 11 is 0. The van der Waals surface area contributed by atoms with Gasteiger partial charge in [-0.05, 0) is 71.3 Å². The van der Waals surface area contributed by atoms with E-state index in [0.717, 1.165) is 37.6 Å². The molecule has 0 atom stereocenters. The number of aliphatic carboxylic acids is 2. The zero-order valence-corrected chi connectivity index (χ0v) is 30.9. The van der Waals surface area contributed by atoms with Gasteiger partial charge in [-0.2, -0.15) is 0 Å². The lowest BCUT2D eigenvalue weighted by molar-refractivity contribution is -0.137. The van der Waals surface area contributed by atoms with E-state index in [2.05, 4.69) is 22.0 Å². The summed E-state index contributed by atoms with van der Waals surface area (Å²) < 4.78 is 10.8. The number of nitrogens with one attached hydrogen (secondary N) is 3. The van der Waals surface area contributed by atoms with Crippen molar-refractivity contribution in [3.05, 3.63) is 90.0 Å². The Morgan fingerprint density at radius 2 is 1.49 bits per heavy atom. The highest BCUT2D eigenvalue weighted by atomic mass is 16.5. The van der Waals surface area contributed by atoms with Crippen LogP contribution in [0.15, 0.2) is 90.0 Å². The van der Waals surface area contributed by atoms with Gasteiger partial charge in [0.2, 0.25) is 0 Å². The molecule has 0 radical (unpaired) electrons. The largest absolute Gasteiger partial charge is 0.484 e. The van der Waals surface area contributed by atoms with Gasteiger partial charge in [0.25, 0.3) is 17.8 Å². The van der Waals surface area contributed by atoms with Crippen molar-refractivity contribution in [1.29, 1.82) is 0 Å². The number of carboxylic acids is 2. The van der Waals surface area contributed by atoms with E-state index in [1.165, 1.54) is 0 Å². The number of carboxylic acid groups (broad SMARTS) is 2. The molecule has 1 aromatic carbocycles. The molecule has 2 amide bonds. The number of hydrogen-bond donors (Lipinski definition) is 5. The molecule has 0 spiro atoms. The topological polar surface area (TPSA) is 167 Å². The van der Waals surface area contributed by atoms with Crippen molar-refractivity contribution in [3.63, 3.8) is 0 Å². The van der Waals surface area contributed by atoms with E-state index in [9.17, 15) is 14.4 Å². The van der Waals surface area contributed by atoms with Gasteiger partial charge < -0.3 is 40.5 Å². The maximum absolute atomic E-state index is 11.7. The molecule has 1 aliphatic rings. The van der Waals surface area contributed by atoms with Crippen molar-refractivity contribution in [2.75, 3.05) is 47.4 Å². The summed E-state index contributed by atoms with van der Waals surface area (Å²) in [4.78, 5) is 44.2. The van der Waals surface area contributed by atoms with Gasteiger partial charge in [-0.3, -0.25) is 19.2 Å². The van der Waals surface area contributed by atoms with E-state index in [1.807, 2.05) is 127 Å². The molecule has 12 heteroatoms. The third-order valence-electron chi connectivity index (χ3n) is 4.94. The average Bonchev–Trinajstić information content (AvgIpc) is 3.32. The number of likely N-dealkylation sites (N-methyl/N-ethyl adjacent to an activating group) is 1. The number of hydrogen-bond acceptors (Lipinski definition) is 8. The highest BCUT2D eigenvalue weighted by molar-refractivity contribution is 5.78. The maximum Gasteiger partial charge on any atom is 0.305 e. The van der Waals surface area contributed by atoms with Crippen molar-refractivity contribution in [2.45, 2.75) is 67.2 Å². The standard InChI is InChI=1S/C20H28N2O4.C10H13NO2.C3H9N.C2H4O2.C2H6/c1-3-9-18(26-15-19(23)21-13-12-20(24)25)14-16(4-2)22-17-10-7-5-6-8-11-17;1-2-11-10(12)8-13-9-6-4-3-5-7-9;1-4(2)3;1-2(3)4;1-2/h5-10,14,22H,3-4,11-13,15H2,1-2H3,(H,21,23)(H,24,25);3-7H,2,8H2,1H3,(H,11,12);1-3H3;1H3,(H,3,4);1-2H3/b16-14+,18-9+;;;;. The van der Waals surface area contributed by atoms with Crippen molar-refractivity contribution in [3.8, 4) is 5.75 Å². The van der Waals surface area contributed by atoms with Gasteiger partial charge in [0, 0.05) is 37.8 Å². The molecule has 2 rings (SSSR count). The quantitative estimate of drug-likeness (QED) is 0.115. The molecule has 276 valence electrons. The zero-order chi connectivity index (χ0) is 37.9. The molecular formula is C37H60N4O8. The smallest absolute Gasteiger partial charge is 0.305 e. The van der Waals surface area contributed by atoms with E-state index in [4.69, 9.17) is 24.5 Å². The van der Waals surface area contributed by atoms with Crippen LogP contribution >= 0.6 is 0 Å². The Kier molecular flexibility index (Phi) is 34.2. The molecular weight excluding hydrogens is 628 g/mol. The molecule has 49 heavy (non-hydrogen) atoms. The van der Waals surface area contributed by atoms with Crippen LogP contribution in [0.2, 0.25) is 0 Å². The Morgan fingerprint density at radius 1 is 0.898 bits per heavy atom. The molecule has 0 saturated heterocycles. The first-order valence-electron chi connectivity index (χ1n) is 16.4. The van der Waals surface area contributed by atoms with Crippen molar-refractivity contribution in [2.24, 2.45) is 0 Å².